The molecular weight excluding hydrogens is 360 g/mol. The number of allylic oxidation sites excluding steroid dienone is 1. The lowest BCUT2D eigenvalue weighted by Gasteiger charge is -2.18. The van der Waals surface area contributed by atoms with Gasteiger partial charge in [0.05, 0.1) is 16.6 Å². The molecule has 0 aliphatic carbocycles. The van der Waals surface area contributed by atoms with Crippen molar-refractivity contribution in [3.05, 3.63) is 65.0 Å². The molecule has 27 heavy (non-hydrogen) atoms. The molecule has 0 N–H and O–H groups in total. The number of aromatic nitrogens is 1. The Bertz CT molecular complexity index is 1080. The van der Waals surface area contributed by atoms with Crippen LogP contribution < -0.4 is 14.3 Å². The number of ether oxygens (including phenoxy) is 2. The Morgan fingerprint density at radius 1 is 1.22 bits per heavy atom. The van der Waals surface area contributed by atoms with Crippen molar-refractivity contribution in [1.29, 1.82) is 0 Å². The zero-order chi connectivity index (χ0) is 18.8. The number of rotatable bonds is 4. The molecule has 0 fully saturated rings. The predicted octanol–water partition coefficient (Wildman–Crippen LogP) is 3.64. The third-order valence-corrected chi connectivity index (χ3v) is 5.40. The fourth-order valence-electron chi connectivity index (χ4n) is 3.02. The molecule has 0 bridgehead atoms. The standard InChI is InChI=1S/C21H20N2O3S/c1-3-8-23-16-12-17-18(26-10-9-25-17)13-19(16)27-21(23)22-20(24)11-15-6-4-14(2)5-7-15/h3-7,12-13H,1,8-11H2,2H3. The van der Waals surface area contributed by atoms with Crippen LogP contribution in [0.25, 0.3) is 10.2 Å². The van der Waals surface area contributed by atoms with E-state index in [1.54, 1.807) is 6.08 Å². The Kier molecular flexibility index (Phi) is 4.81. The molecule has 1 amide bonds. The summed E-state index contributed by atoms with van der Waals surface area (Å²) in [5.41, 5.74) is 3.10. The molecule has 0 unspecified atom stereocenters. The van der Waals surface area contributed by atoms with Crippen LogP contribution in [-0.4, -0.2) is 23.7 Å². The quantitative estimate of drug-likeness (QED) is 0.650. The Hall–Kier alpha value is -2.86. The summed E-state index contributed by atoms with van der Waals surface area (Å²) in [4.78, 5) is 17.5. The van der Waals surface area contributed by atoms with Crippen LogP contribution in [-0.2, 0) is 17.8 Å². The molecule has 0 saturated heterocycles. The summed E-state index contributed by atoms with van der Waals surface area (Å²) in [6.45, 7) is 7.50. The number of thiazole rings is 1. The maximum atomic E-state index is 12.5. The van der Waals surface area contributed by atoms with E-state index >= 15 is 0 Å². The van der Waals surface area contributed by atoms with Gasteiger partial charge in [-0.2, -0.15) is 4.99 Å². The lowest BCUT2D eigenvalue weighted by Crippen LogP contribution is -2.17. The van der Waals surface area contributed by atoms with E-state index in [0.29, 0.717) is 24.6 Å². The number of nitrogens with zero attached hydrogens (tertiary/aromatic N) is 2. The molecule has 0 radical (unpaired) electrons. The van der Waals surface area contributed by atoms with Gasteiger partial charge in [-0.25, -0.2) is 0 Å². The number of benzene rings is 2. The first kappa shape index (κ1) is 17.5. The molecule has 4 rings (SSSR count). The van der Waals surface area contributed by atoms with E-state index in [-0.39, 0.29) is 12.3 Å². The lowest BCUT2D eigenvalue weighted by molar-refractivity contribution is -0.117. The van der Waals surface area contributed by atoms with Gasteiger partial charge in [-0.15, -0.1) is 6.58 Å². The molecule has 138 valence electrons. The monoisotopic (exact) mass is 380 g/mol. The van der Waals surface area contributed by atoms with Gasteiger partial charge in [-0.3, -0.25) is 4.79 Å². The van der Waals surface area contributed by atoms with Gasteiger partial charge in [0, 0.05) is 18.7 Å². The number of hydrogen-bond acceptors (Lipinski definition) is 4. The first-order chi connectivity index (χ1) is 13.1. The molecule has 0 saturated carbocycles. The highest BCUT2D eigenvalue weighted by Gasteiger charge is 2.16. The van der Waals surface area contributed by atoms with Crippen LogP contribution >= 0.6 is 11.3 Å². The van der Waals surface area contributed by atoms with E-state index in [9.17, 15) is 4.79 Å². The summed E-state index contributed by atoms with van der Waals surface area (Å²) in [6, 6.07) is 11.8. The van der Waals surface area contributed by atoms with Crippen molar-refractivity contribution in [2.75, 3.05) is 13.2 Å². The molecule has 0 spiro atoms. The largest absolute Gasteiger partial charge is 0.486 e. The van der Waals surface area contributed by atoms with Crippen molar-refractivity contribution in [3.8, 4) is 11.5 Å². The van der Waals surface area contributed by atoms with Gasteiger partial charge in [0.2, 0.25) is 0 Å². The van der Waals surface area contributed by atoms with Crippen LogP contribution in [0.2, 0.25) is 0 Å². The van der Waals surface area contributed by atoms with Gasteiger partial charge < -0.3 is 14.0 Å². The first-order valence-corrected chi connectivity index (χ1v) is 9.62. The highest BCUT2D eigenvalue weighted by Crippen LogP contribution is 2.35. The Balaban J connectivity index is 1.73. The number of carbonyl (C=O) groups excluding carboxylic acids is 1. The molecule has 0 atom stereocenters. The topological polar surface area (TPSA) is 52.8 Å². The van der Waals surface area contributed by atoms with Crippen LogP contribution in [0.5, 0.6) is 11.5 Å². The van der Waals surface area contributed by atoms with Crippen LogP contribution in [0.1, 0.15) is 11.1 Å². The number of hydrogen-bond donors (Lipinski definition) is 0. The Labute approximate surface area is 161 Å². The van der Waals surface area contributed by atoms with Crippen molar-refractivity contribution < 1.29 is 14.3 Å². The SMILES string of the molecule is C=CCn1c(=NC(=O)Cc2ccc(C)cc2)sc2cc3c(cc21)OCCO3. The zero-order valence-electron chi connectivity index (χ0n) is 15.1. The second-order valence-corrected chi connectivity index (χ2v) is 7.42. The van der Waals surface area contributed by atoms with Crippen LogP contribution in [0.15, 0.2) is 54.0 Å². The average molecular weight is 380 g/mol. The number of aryl methyl sites for hydroxylation is 1. The van der Waals surface area contributed by atoms with Crippen molar-refractivity contribution in [2.24, 2.45) is 4.99 Å². The van der Waals surface area contributed by atoms with Crippen molar-refractivity contribution in [3.63, 3.8) is 0 Å². The van der Waals surface area contributed by atoms with E-state index in [2.05, 4.69) is 11.6 Å². The van der Waals surface area contributed by atoms with Gasteiger partial charge in [-0.1, -0.05) is 47.2 Å². The minimum absolute atomic E-state index is 0.166. The van der Waals surface area contributed by atoms with Crippen LogP contribution in [0, 0.1) is 6.92 Å². The number of fused-ring (bicyclic) bond motifs is 2. The first-order valence-electron chi connectivity index (χ1n) is 8.81. The summed E-state index contributed by atoms with van der Waals surface area (Å²) < 4.78 is 14.3. The van der Waals surface area contributed by atoms with E-state index in [4.69, 9.17) is 9.47 Å². The van der Waals surface area contributed by atoms with E-state index in [1.165, 1.54) is 16.9 Å². The summed E-state index contributed by atoms with van der Waals surface area (Å²) in [7, 11) is 0. The van der Waals surface area contributed by atoms with E-state index in [1.807, 2.05) is 47.9 Å². The molecular formula is C21H20N2O3S. The minimum Gasteiger partial charge on any atom is -0.486 e. The highest BCUT2D eigenvalue weighted by atomic mass is 32.1. The van der Waals surface area contributed by atoms with Gasteiger partial charge in [0.25, 0.3) is 5.91 Å². The van der Waals surface area contributed by atoms with Crippen molar-refractivity contribution >= 4 is 27.5 Å². The van der Waals surface area contributed by atoms with Crippen molar-refractivity contribution in [1.82, 2.24) is 4.57 Å². The van der Waals surface area contributed by atoms with Gasteiger partial charge in [0.1, 0.15) is 13.2 Å². The van der Waals surface area contributed by atoms with Crippen molar-refractivity contribution in [2.45, 2.75) is 19.9 Å². The predicted molar refractivity (Wildman–Crippen MR) is 106 cm³/mol. The smallest absolute Gasteiger partial charge is 0.252 e. The summed E-state index contributed by atoms with van der Waals surface area (Å²) in [5, 5.41) is 0. The molecule has 1 aliphatic rings. The van der Waals surface area contributed by atoms with Gasteiger partial charge in [0.15, 0.2) is 16.3 Å². The van der Waals surface area contributed by atoms with E-state index in [0.717, 1.165) is 27.3 Å². The second kappa shape index (κ2) is 7.40. The second-order valence-electron chi connectivity index (χ2n) is 6.42. The summed E-state index contributed by atoms with van der Waals surface area (Å²) in [5.74, 6) is 1.29. The minimum atomic E-state index is -0.166. The Morgan fingerprint density at radius 3 is 2.63 bits per heavy atom. The van der Waals surface area contributed by atoms with Crippen LogP contribution in [0.4, 0.5) is 0 Å². The average Bonchev–Trinajstić information content (AvgIpc) is 2.98. The highest BCUT2D eigenvalue weighted by molar-refractivity contribution is 7.16. The molecule has 6 heteroatoms. The molecule has 2 heterocycles. The lowest BCUT2D eigenvalue weighted by atomic mass is 10.1. The fraction of sp³-hybridized carbons (Fsp3) is 0.238. The third-order valence-electron chi connectivity index (χ3n) is 4.35. The van der Waals surface area contributed by atoms with E-state index < -0.39 is 0 Å². The van der Waals surface area contributed by atoms with Crippen LogP contribution in [0.3, 0.4) is 0 Å². The molecule has 2 aromatic carbocycles. The molecule has 3 aromatic rings. The number of carbonyl (C=O) groups is 1. The maximum Gasteiger partial charge on any atom is 0.252 e. The maximum absolute atomic E-state index is 12.5. The van der Waals surface area contributed by atoms with Gasteiger partial charge >= 0.3 is 0 Å². The summed E-state index contributed by atoms with van der Waals surface area (Å²) >= 11 is 1.47. The molecule has 1 aliphatic heterocycles. The Morgan fingerprint density at radius 2 is 1.93 bits per heavy atom. The summed E-state index contributed by atoms with van der Waals surface area (Å²) in [6.07, 6.45) is 2.08. The normalized spacial score (nSPS) is 13.7. The number of amides is 1. The molecule has 1 aromatic heterocycles. The fourth-order valence-corrected chi connectivity index (χ4v) is 4.09. The zero-order valence-corrected chi connectivity index (χ0v) is 15.9. The van der Waals surface area contributed by atoms with Gasteiger partial charge in [-0.05, 0) is 12.5 Å². The molecule has 5 nitrogen and oxygen atoms in total. The third kappa shape index (κ3) is 3.66.